The lowest BCUT2D eigenvalue weighted by Crippen LogP contribution is -2.09. The van der Waals surface area contributed by atoms with E-state index in [-0.39, 0.29) is 36.8 Å². The molecule has 0 aliphatic rings. The Bertz CT molecular complexity index is 409. The van der Waals surface area contributed by atoms with Crippen molar-refractivity contribution < 1.29 is 32.0 Å². The first-order valence-corrected chi connectivity index (χ1v) is 11.1. The van der Waals surface area contributed by atoms with Crippen molar-refractivity contribution in [3.05, 3.63) is 0 Å². The summed E-state index contributed by atoms with van der Waals surface area (Å²) in [4.78, 5) is 0. The maximum absolute atomic E-state index is 11.3. The van der Waals surface area contributed by atoms with Gasteiger partial charge in [-0.3, -0.25) is 10.8 Å². The molecule has 0 spiro atoms. The monoisotopic (exact) mass is 436 g/mol. The van der Waals surface area contributed by atoms with Crippen molar-refractivity contribution in [1.82, 2.24) is 0 Å². The standard InChI is InChI=1S/C10H22N4O7P2S2/c11-9(12)24-7-5-17-1-3-19-22(15)21-23(16)20-4-2-18-6-8-25-10(13)14/h1-8H2,(H3,11,12)(H3,13,14)/q+2. The van der Waals surface area contributed by atoms with Gasteiger partial charge in [-0.25, -0.2) is 0 Å². The van der Waals surface area contributed by atoms with E-state index < -0.39 is 16.5 Å². The second-order valence-electron chi connectivity index (χ2n) is 3.85. The Labute approximate surface area is 156 Å². The molecular weight excluding hydrogens is 414 g/mol. The Kier molecular flexibility index (Phi) is 16.8. The summed E-state index contributed by atoms with van der Waals surface area (Å²) in [6, 6.07) is 0. The van der Waals surface area contributed by atoms with E-state index in [4.69, 9.17) is 40.8 Å². The molecule has 0 heterocycles. The fourth-order valence-electron chi connectivity index (χ4n) is 1.07. The molecule has 6 N–H and O–H groups in total. The molecule has 0 saturated carbocycles. The second-order valence-corrected chi connectivity index (χ2v) is 8.18. The van der Waals surface area contributed by atoms with Gasteiger partial charge in [-0.15, -0.1) is 9.05 Å². The molecule has 144 valence electrons. The van der Waals surface area contributed by atoms with E-state index in [0.717, 1.165) is 23.5 Å². The lowest BCUT2D eigenvalue weighted by molar-refractivity contribution is 0.104. The maximum Gasteiger partial charge on any atom is 0.747 e. The van der Waals surface area contributed by atoms with Crippen LogP contribution in [0, 0.1) is 10.8 Å². The highest BCUT2D eigenvalue weighted by molar-refractivity contribution is 8.13. The summed E-state index contributed by atoms with van der Waals surface area (Å²) in [7, 11) is -5.14. The summed E-state index contributed by atoms with van der Waals surface area (Å²) in [5, 5.41) is 14.0. The Hall–Kier alpha value is -0.360. The van der Waals surface area contributed by atoms with E-state index in [1.54, 1.807) is 0 Å². The molecule has 15 heteroatoms. The largest absolute Gasteiger partial charge is 0.747 e. The van der Waals surface area contributed by atoms with E-state index in [1.165, 1.54) is 0 Å². The molecule has 0 bridgehead atoms. The molecule has 2 unspecified atom stereocenters. The van der Waals surface area contributed by atoms with E-state index in [0.29, 0.717) is 24.7 Å². The van der Waals surface area contributed by atoms with Crippen molar-refractivity contribution in [2.24, 2.45) is 11.5 Å². The van der Waals surface area contributed by atoms with Gasteiger partial charge in [0.1, 0.15) is 13.2 Å². The molecule has 0 aromatic rings. The molecule has 0 aliphatic heterocycles. The highest BCUT2D eigenvalue weighted by atomic mass is 32.2. The molecule has 0 aromatic heterocycles. The van der Waals surface area contributed by atoms with Crippen LogP contribution in [-0.4, -0.2) is 61.5 Å². The molecule has 0 saturated heterocycles. The Morgan fingerprint density at radius 3 is 1.52 bits per heavy atom. The lowest BCUT2D eigenvalue weighted by Gasteiger charge is -2.00. The van der Waals surface area contributed by atoms with Gasteiger partial charge in [0, 0.05) is 20.6 Å². The van der Waals surface area contributed by atoms with Crippen LogP contribution in [0.15, 0.2) is 0 Å². The average Bonchev–Trinajstić information content (AvgIpc) is 2.52. The highest BCUT2D eigenvalue weighted by Crippen LogP contribution is 2.39. The first-order chi connectivity index (χ1) is 11.9. The van der Waals surface area contributed by atoms with Crippen molar-refractivity contribution in [1.29, 1.82) is 10.8 Å². The van der Waals surface area contributed by atoms with E-state index in [1.807, 2.05) is 0 Å². The molecule has 0 fully saturated rings. The van der Waals surface area contributed by atoms with Crippen LogP contribution >= 0.6 is 40.0 Å². The van der Waals surface area contributed by atoms with Crippen LogP contribution in [0.25, 0.3) is 0 Å². The van der Waals surface area contributed by atoms with Crippen molar-refractivity contribution in [2.45, 2.75) is 0 Å². The smallest absolute Gasteiger partial charge is 0.379 e. The number of hydrogen-bond acceptors (Lipinski definition) is 11. The van der Waals surface area contributed by atoms with Gasteiger partial charge in [-0.05, 0) is 0 Å². The third-order valence-corrected chi connectivity index (χ3v) is 5.17. The first kappa shape index (κ1) is 24.6. The van der Waals surface area contributed by atoms with E-state index in [2.05, 4.69) is 4.31 Å². The normalized spacial score (nSPS) is 12.0. The summed E-state index contributed by atoms with van der Waals surface area (Å²) in [5.74, 6) is 1.07. The van der Waals surface area contributed by atoms with Gasteiger partial charge in [0.15, 0.2) is 14.6 Å². The Morgan fingerprint density at radius 1 is 0.760 bits per heavy atom. The molecule has 0 rings (SSSR count). The molecule has 11 nitrogen and oxygen atoms in total. The first-order valence-electron chi connectivity index (χ1n) is 6.89. The maximum atomic E-state index is 11.3. The summed E-state index contributed by atoms with van der Waals surface area (Å²) in [6.07, 6.45) is 0. The Morgan fingerprint density at radius 2 is 1.16 bits per heavy atom. The van der Waals surface area contributed by atoms with Crippen molar-refractivity contribution in [2.75, 3.05) is 51.1 Å². The summed E-state index contributed by atoms with van der Waals surface area (Å²) >= 11 is 2.30. The number of amidine groups is 2. The quantitative estimate of drug-likeness (QED) is 0.119. The van der Waals surface area contributed by atoms with Crippen LogP contribution < -0.4 is 11.5 Å². The van der Waals surface area contributed by atoms with E-state index >= 15 is 0 Å². The van der Waals surface area contributed by atoms with Crippen molar-refractivity contribution >= 4 is 50.4 Å². The summed E-state index contributed by atoms with van der Waals surface area (Å²) in [6.45, 7) is 1.08. The predicted octanol–water partition coefficient (Wildman–Crippen LogP) is 1.64. The van der Waals surface area contributed by atoms with Crippen LogP contribution in [0.1, 0.15) is 0 Å². The van der Waals surface area contributed by atoms with E-state index in [9.17, 15) is 9.13 Å². The SMILES string of the molecule is N=C(N)SCCOCCO[P+](=O)O[P+](=O)OCCOCCSC(=N)N. The topological polar surface area (TPSA) is 180 Å². The minimum absolute atomic E-state index is 0.0000414. The number of nitrogens with one attached hydrogen (secondary N) is 2. The van der Waals surface area contributed by atoms with Crippen molar-refractivity contribution in [3.8, 4) is 0 Å². The number of ether oxygens (including phenoxy) is 2. The van der Waals surface area contributed by atoms with Gasteiger partial charge < -0.3 is 20.9 Å². The fraction of sp³-hybridized carbons (Fsp3) is 0.800. The molecule has 25 heavy (non-hydrogen) atoms. The van der Waals surface area contributed by atoms with Crippen LogP contribution in [0.4, 0.5) is 0 Å². The highest BCUT2D eigenvalue weighted by Gasteiger charge is 2.39. The zero-order valence-electron chi connectivity index (χ0n) is 13.4. The molecule has 0 radical (unpaired) electrons. The fourth-order valence-corrected chi connectivity index (χ4v) is 3.17. The van der Waals surface area contributed by atoms with Crippen LogP contribution in [0.2, 0.25) is 0 Å². The van der Waals surface area contributed by atoms with Crippen LogP contribution in [0.3, 0.4) is 0 Å². The van der Waals surface area contributed by atoms with Gasteiger partial charge in [-0.2, -0.15) is 0 Å². The third kappa shape index (κ3) is 19.8. The average molecular weight is 436 g/mol. The zero-order valence-corrected chi connectivity index (χ0v) is 16.8. The minimum Gasteiger partial charge on any atom is -0.379 e. The molecular formula is C10H22N4O7P2S2+2. The van der Waals surface area contributed by atoms with Crippen LogP contribution in [0.5, 0.6) is 0 Å². The molecule has 0 amide bonds. The van der Waals surface area contributed by atoms with Gasteiger partial charge in [-0.1, -0.05) is 23.5 Å². The minimum atomic E-state index is -2.57. The van der Waals surface area contributed by atoms with Crippen molar-refractivity contribution in [3.63, 3.8) is 0 Å². The zero-order chi connectivity index (χ0) is 18.9. The number of hydrogen-bond donors (Lipinski definition) is 4. The second kappa shape index (κ2) is 17.1. The molecule has 2 atom stereocenters. The predicted molar refractivity (Wildman–Crippen MR) is 98.6 cm³/mol. The summed E-state index contributed by atoms with van der Waals surface area (Å²) < 4.78 is 47.1. The van der Waals surface area contributed by atoms with Gasteiger partial charge >= 0.3 is 16.5 Å². The third-order valence-electron chi connectivity index (χ3n) is 1.95. The number of thioether (sulfide) groups is 2. The molecule has 0 aromatic carbocycles. The molecule has 0 aliphatic carbocycles. The summed E-state index contributed by atoms with van der Waals surface area (Å²) in [5.41, 5.74) is 10.3. The van der Waals surface area contributed by atoms with Gasteiger partial charge in [0.2, 0.25) is 0 Å². The van der Waals surface area contributed by atoms with Gasteiger partial charge in [0.05, 0.1) is 26.4 Å². The van der Waals surface area contributed by atoms with Crippen LogP contribution in [-0.2, 0) is 32.0 Å². The number of nitrogens with two attached hydrogens (primary N) is 2. The number of rotatable bonds is 16. The lowest BCUT2D eigenvalue weighted by atomic mass is 10.7. The Balaban J connectivity index is 3.43. The van der Waals surface area contributed by atoms with Gasteiger partial charge in [0.25, 0.3) is 0 Å².